The van der Waals surface area contributed by atoms with Crippen LogP contribution in [0.4, 0.5) is 22.0 Å². The molecule has 0 spiro atoms. The lowest BCUT2D eigenvalue weighted by Crippen LogP contribution is -2.31. The molecule has 0 aliphatic heterocycles. The van der Waals surface area contributed by atoms with Gasteiger partial charge in [-0.1, -0.05) is 48.0 Å². The molecular formula is C28H25ClN6O2. The maximum Gasteiger partial charge on any atom is 0.323 e. The van der Waals surface area contributed by atoms with Crippen LogP contribution in [0.2, 0.25) is 5.02 Å². The fourth-order valence-corrected chi connectivity index (χ4v) is 4.41. The van der Waals surface area contributed by atoms with Crippen LogP contribution in [-0.4, -0.2) is 16.2 Å². The molecule has 8 nitrogen and oxygen atoms in total. The van der Waals surface area contributed by atoms with Gasteiger partial charge in [-0.2, -0.15) is 5.10 Å². The van der Waals surface area contributed by atoms with Gasteiger partial charge < -0.3 is 21.9 Å². The number of halogens is 1. The van der Waals surface area contributed by atoms with Gasteiger partial charge >= 0.3 is 6.03 Å². The topological polar surface area (TPSA) is 136 Å². The summed E-state index contributed by atoms with van der Waals surface area (Å²) >= 11 is 5.96. The van der Waals surface area contributed by atoms with E-state index in [1.807, 2.05) is 72.8 Å². The van der Waals surface area contributed by atoms with Crippen molar-refractivity contribution >= 4 is 45.7 Å². The maximum atomic E-state index is 12.3. The molecule has 7 N–H and O–H groups in total. The second-order valence-corrected chi connectivity index (χ2v) is 8.90. The number of rotatable bonds is 7. The van der Waals surface area contributed by atoms with Crippen molar-refractivity contribution in [2.45, 2.75) is 13.2 Å². The van der Waals surface area contributed by atoms with Crippen molar-refractivity contribution in [2.24, 2.45) is 11.5 Å². The summed E-state index contributed by atoms with van der Waals surface area (Å²) in [6.07, 6.45) is 0. The Balaban J connectivity index is 1.46. The average Bonchev–Trinajstić information content (AvgIpc) is 3.30. The summed E-state index contributed by atoms with van der Waals surface area (Å²) in [7, 11) is 0. The van der Waals surface area contributed by atoms with Crippen LogP contribution in [-0.2, 0) is 13.2 Å². The van der Waals surface area contributed by atoms with Crippen LogP contribution in [0.25, 0.3) is 22.0 Å². The number of carbonyl (C=O) groups is 1. The molecule has 1 heterocycles. The molecule has 5 aromatic rings. The molecule has 4 aromatic carbocycles. The Labute approximate surface area is 218 Å². The van der Waals surface area contributed by atoms with Gasteiger partial charge in [0.1, 0.15) is 12.4 Å². The van der Waals surface area contributed by atoms with Crippen LogP contribution in [0, 0.1) is 0 Å². The Morgan fingerprint density at radius 2 is 1.73 bits per heavy atom. The number of ether oxygens (including phenoxy) is 1. The summed E-state index contributed by atoms with van der Waals surface area (Å²) in [6.45, 7) is 0.691. The number of hydrogen-bond donors (Lipinski definition) is 4. The van der Waals surface area contributed by atoms with Crippen molar-refractivity contribution in [2.75, 3.05) is 10.6 Å². The summed E-state index contributed by atoms with van der Waals surface area (Å²) in [6, 6.07) is 25.5. The number of carbonyl (C=O) groups excluding carboxylic acids is 1. The van der Waals surface area contributed by atoms with Crippen molar-refractivity contribution in [3.8, 4) is 16.9 Å². The Bertz CT molecular complexity index is 1560. The van der Waals surface area contributed by atoms with E-state index in [9.17, 15) is 4.79 Å². The van der Waals surface area contributed by atoms with Crippen molar-refractivity contribution in [3.63, 3.8) is 0 Å². The molecule has 0 saturated heterocycles. The third-order valence-electron chi connectivity index (χ3n) is 6.11. The van der Waals surface area contributed by atoms with Gasteiger partial charge in [-0.05, 0) is 65.2 Å². The van der Waals surface area contributed by atoms with Crippen LogP contribution >= 0.6 is 11.6 Å². The smallest absolute Gasteiger partial charge is 0.323 e. The molecule has 0 unspecified atom stereocenters. The molecule has 9 heteroatoms. The number of aromatic nitrogens is 2. The van der Waals surface area contributed by atoms with Crippen molar-refractivity contribution < 1.29 is 9.53 Å². The first kappa shape index (κ1) is 24.2. The van der Waals surface area contributed by atoms with E-state index in [1.165, 1.54) is 4.90 Å². The van der Waals surface area contributed by atoms with Crippen molar-refractivity contribution in [1.29, 1.82) is 0 Å². The molecule has 37 heavy (non-hydrogen) atoms. The lowest BCUT2D eigenvalue weighted by atomic mass is 9.98. The summed E-state index contributed by atoms with van der Waals surface area (Å²) in [5.74, 6) is 1.10. The zero-order valence-corrected chi connectivity index (χ0v) is 20.6. The van der Waals surface area contributed by atoms with Crippen LogP contribution in [0.5, 0.6) is 5.75 Å². The zero-order valence-electron chi connectivity index (χ0n) is 19.8. The number of nitrogens with zero attached hydrogens (tertiary/aromatic N) is 2. The summed E-state index contributed by atoms with van der Waals surface area (Å²) in [5, 5.41) is 8.71. The first-order valence-corrected chi connectivity index (χ1v) is 11.9. The van der Waals surface area contributed by atoms with Gasteiger partial charge in [-0.25, -0.2) is 4.79 Å². The van der Waals surface area contributed by atoms with Crippen LogP contribution in [0.15, 0.2) is 84.9 Å². The van der Waals surface area contributed by atoms with Gasteiger partial charge in [-0.15, -0.1) is 0 Å². The van der Waals surface area contributed by atoms with Crippen molar-refractivity contribution in [1.82, 2.24) is 10.2 Å². The number of aromatic amines is 1. The molecule has 1 aromatic heterocycles. The standard InChI is InChI=1S/C28H25ClN6O2/c29-20-7-11-23(12-8-20)37-16-19-6-13-24(25-26(19)33-34-27(25)31)18-4-9-21(10-5-18)35(28(32)36)22-3-1-2-17(14-22)15-30/h1-14H,15-16,30H2,(H2,32,36)(H3,31,33,34). The van der Waals surface area contributed by atoms with Gasteiger partial charge in [0.15, 0.2) is 5.82 Å². The highest BCUT2D eigenvalue weighted by molar-refractivity contribution is 6.30. The van der Waals surface area contributed by atoms with E-state index < -0.39 is 6.03 Å². The number of H-pyrrole nitrogens is 1. The summed E-state index contributed by atoms with van der Waals surface area (Å²) < 4.78 is 5.93. The Kier molecular flexibility index (Phi) is 6.68. The molecule has 0 aliphatic rings. The van der Waals surface area contributed by atoms with Crippen LogP contribution in [0.3, 0.4) is 0 Å². The third kappa shape index (κ3) is 4.93. The van der Waals surface area contributed by atoms with Gasteiger partial charge in [0, 0.05) is 17.1 Å². The first-order valence-electron chi connectivity index (χ1n) is 11.6. The average molecular weight is 513 g/mol. The highest BCUT2D eigenvalue weighted by Crippen LogP contribution is 2.35. The lowest BCUT2D eigenvalue weighted by molar-refractivity contribution is 0.256. The van der Waals surface area contributed by atoms with E-state index >= 15 is 0 Å². The minimum absolute atomic E-state index is 0.328. The SMILES string of the molecule is NCc1cccc(N(C(N)=O)c2ccc(-c3ccc(COc4ccc(Cl)cc4)c4[nH]nc(N)c34)cc2)c1. The summed E-state index contributed by atoms with van der Waals surface area (Å²) in [4.78, 5) is 13.8. The van der Waals surface area contributed by atoms with E-state index in [0.29, 0.717) is 41.1 Å². The first-order chi connectivity index (χ1) is 17.9. The molecule has 186 valence electrons. The maximum absolute atomic E-state index is 12.3. The van der Waals surface area contributed by atoms with Crippen molar-refractivity contribution in [3.05, 3.63) is 101 Å². The van der Waals surface area contributed by atoms with E-state index in [0.717, 1.165) is 33.2 Å². The fourth-order valence-electron chi connectivity index (χ4n) is 4.28. The number of nitrogens with one attached hydrogen (secondary N) is 1. The second kappa shape index (κ2) is 10.2. The van der Waals surface area contributed by atoms with E-state index in [2.05, 4.69) is 10.2 Å². The normalized spacial score (nSPS) is 11.0. The third-order valence-corrected chi connectivity index (χ3v) is 6.36. The number of benzene rings is 4. The van der Waals surface area contributed by atoms with Gasteiger partial charge in [-0.3, -0.25) is 10.00 Å². The molecule has 5 rings (SSSR count). The largest absolute Gasteiger partial charge is 0.489 e. The minimum Gasteiger partial charge on any atom is -0.489 e. The van der Waals surface area contributed by atoms with Crippen LogP contribution in [0.1, 0.15) is 11.1 Å². The van der Waals surface area contributed by atoms with E-state index in [4.69, 9.17) is 33.5 Å². The number of hydrogen-bond acceptors (Lipinski definition) is 5. The van der Waals surface area contributed by atoms with E-state index in [1.54, 1.807) is 12.1 Å². The molecule has 0 bridgehead atoms. The number of fused-ring (bicyclic) bond motifs is 1. The van der Waals surface area contributed by atoms with Gasteiger partial charge in [0.2, 0.25) is 0 Å². The Morgan fingerprint density at radius 3 is 2.43 bits per heavy atom. The minimum atomic E-state index is -0.589. The number of nitrogens with two attached hydrogens (primary N) is 3. The molecular weight excluding hydrogens is 488 g/mol. The van der Waals surface area contributed by atoms with Gasteiger partial charge in [0.25, 0.3) is 0 Å². The van der Waals surface area contributed by atoms with E-state index in [-0.39, 0.29) is 0 Å². The molecule has 0 saturated carbocycles. The monoisotopic (exact) mass is 512 g/mol. The molecule has 0 radical (unpaired) electrons. The Hall–Kier alpha value is -4.53. The molecule has 0 atom stereocenters. The van der Waals surface area contributed by atoms with Gasteiger partial charge in [0.05, 0.1) is 22.3 Å². The predicted octanol–water partition coefficient (Wildman–Crippen LogP) is 5.72. The highest BCUT2D eigenvalue weighted by Gasteiger charge is 2.18. The lowest BCUT2D eigenvalue weighted by Gasteiger charge is -2.21. The molecule has 0 fully saturated rings. The number of anilines is 3. The second-order valence-electron chi connectivity index (χ2n) is 8.47. The fraction of sp³-hybridized carbons (Fsp3) is 0.0714. The van der Waals surface area contributed by atoms with Crippen LogP contribution < -0.4 is 26.8 Å². The number of nitrogen functional groups attached to an aromatic ring is 1. The number of amides is 2. The number of primary amides is 1. The quantitative estimate of drug-likeness (QED) is 0.221. The highest BCUT2D eigenvalue weighted by atomic mass is 35.5. The molecule has 2 amide bonds. The summed E-state index contributed by atoms with van der Waals surface area (Å²) in [5.41, 5.74) is 23.4. The zero-order chi connectivity index (χ0) is 25.9. The Morgan fingerprint density at radius 1 is 0.973 bits per heavy atom. The predicted molar refractivity (Wildman–Crippen MR) is 148 cm³/mol. The number of urea groups is 1. The molecule has 0 aliphatic carbocycles.